The zero-order valence-corrected chi connectivity index (χ0v) is 16.9. The maximum absolute atomic E-state index is 12.6. The molecule has 1 amide bonds. The fourth-order valence-electron chi connectivity index (χ4n) is 3.89. The Morgan fingerprint density at radius 1 is 1.11 bits per heavy atom. The number of likely N-dealkylation sites (N-methyl/N-ethyl adjacent to an activating group) is 1. The summed E-state index contributed by atoms with van der Waals surface area (Å²) in [4.78, 5) is 21.3. The predicted octanol–water partition coefficient (Wildman–Crippen LogP) is 3.47. The first-order valence-corrected chi connectivity index (χ1v) is 10.4. The molecule has 0 unspecified atom stereocenters. The van der Waals surface area contributed by atoms with Crippen molar-refractivity contribution in [2.45, 2.75) is 44.7 Å². The van der Waals surface area contributed by atoms with Gasteiger partial charge >= 0.3 is 0 Å². The van der Waals surface area contributed by atoms with Crippen molar-refractivity contribution in [3.8, 4) is 0 Å². The molecule has 1 aliphatic rings. The standard InChI is InChI=1S/C23H32N4O/c1-26(21-10-4-2-5-11-21)16-15-25-23(28)19-27(22-12-6-3-7-13-22)18-20-9-8-14-24-17-20/h3,6-9,12-14,17,21H,2,4-5,10-11,15-16,18-19H2,1H3,(H,25,28). The summed E-state index contributed by atoms with van der Waals surface area (Å²) in [5.41, 5.74) is 2.14. The second-order valence-corrected chi connectivity index (χ2v) is 7.68. The summed E-state index contributed by atoms with van der Waals surface area (Å²) in [6.45, 7) is 2.60. The first-order chi connectivity index (χ1) is 13.7. The Kier molecular flexibility index (Phi) is 7.85. The highest BCUT2D eigenvalue weighted by molar-refractivity contribution is 5.81. The Morgan fingerprint density at radius 3 is 2.61 bits per heavy atom. The topological polar surface area (TPSA) is 48.5 Å². The number of nitrogens with one attached hydrogen (secondary N) is 1. The van der Waals surface area contributed by atoms with Crippen LogP contribution in [0.1, 0.15) is 37.7 Å². The van der Waals surface area contributed by atoms with Crippen LogP contribution in [0.15, 0.2) is 54.9 Å². The Bertz CT molecular complexity index is 701. The minimum atomic E-state index is 0.0600. The van der Waals surface area contributed by atoms with Gasteiger partial charge in [0.05, 0.1) is 6.54 Å². The first-order valence-electron chi connectivity index (χ1n) is 10.4. The molecule has 0 atom stereocenters. The Morgan fingerprint density at radius 2 is 1.89 bits per heavy atom. The van der Waals surface area contributed by atoms with E-state index in [0.717, 1.165) is 17.8 Å². The number of hydrogen-bond donors (Lipinski definition) is 1. The summed E-state index contributed by atoms with van der Waals surface area (Å²) >= 11 is 0. The van der Waals surface area contributed by atoms with Crippen molar-refractivity contribution in [1.82, 2.24) is 15.2 Å². The van der Waals surface area contributed by atoms with Crippen LogP contribution in [0.2, 0.25) is 0 Å². The molecule has 0 saturated heterocycles. The molecule has 1 saturated carbocycles. The van der Waals surface area contributed by atoms with Crippen LogP contribution in [0.4, 0.5) is 5.69 Å². The van der Waals surface area contributed by atoms with Crippen LogP contribution in [0.5, 0.6) is 0 Å². The van der Waals surface area contributed by atoms with Crippen LogP contribution in [0.3, 0.4) is 0 Å². The van der Waals surface area contributed by atoms with Gasteiger partial charge in [-0.3, -0.25) is 9.78 Å². The van der Waals surface area contributed by atoms with Gasteiger partial charge in [0.1, 0.15) is 0 Å². The molecule has 0 bridgehead atoms. The molecule has 1 aromatic heterocycles. The summed E-state index contributed by atoms with van der Waals surface area (Å²) in [6.07, 6.45) is 10.2. The number of amides is 1. The van der Waals surface area contributed by atoms with Gasteiger partial charge in [0.2, 0.25) is 5.91 Å². The number of benzene rings is 1. The Hall–Kier alpha value is -2.40. The lowest BCUT2D eigenvalue weighted by Gasteiger charge is -2.31. The minimum absolute atomic E-state index is 0.0600. The predicted molar refractivity (Wildman–Crippen MR) is 114 cm³/mol. The highest BCUT2D eigenvalue weighted by atomic mass is 16.2. The molecule has 5 heteroatoms. The highest BCUT2D eigenvalue weighted by Gasteiger charge is 2.18. The molecule has 1 fully saturated rings. The quantitative estimate of drug-likeness (QED) is 0.724. The van der Waals surface area contributed by atoms with Crippen LogP contribution in [0.25, 0.3) is 0 Å². The molecule has 1 aromatic carbocycles. The lowest BCUT2D eigenvalue weighted by molar-refractivity contribution is -0.119. The van der Waals surface area contributed by atoms with Crippen molar-refractivity contribution in [1.29, 1.82) is 0 Å². The second-order valence-electron chi connectivity index (χ2n) is 7.68. The molecule has 5 nitrogen and oxygen atoms in total. The maximum atomic E-state index is 12.6. The Balaban J connectivity index is 1.51. The fraction of sp³-hybridized carbons (Fsp3) is 0.478. The molecule has 0 spiro atoms. The largest absolute Gasteiger partial charge is 0.358 e. The smallest absolute Gasteiger partial charge is 0.239 e. The number of rotatable bonds is 9. The van der Waals surface area contributed by atoms with E-state index in [1.807, 2.05) is 48.7 Å². The van der Waals surface area contributed by atoms with E-state index in [9.17, 15) is 4.79 Å². The van der Waals surface area contributed by atoms with Gasteiger partial charge in [0.25, 0.3) is 0 Å². The molecule has 3 rings (SSSR count). The molecule has 1 heterocycles. The molecule has 0 radical (unpaired) electrons. The normalized spacial score (nSPS) is 14.8. The summed E-state index contributed by atoms with van der Waals surface area (Å²) in [7, 11) is 2.18. The molecule has 150 valence electrons. The molecule has 28 heavy (non-hydrogen) atoms. The lowest BCUT2D eigenvalue weighted by atomic mass is 9.94. The van der Waals surface area contributed by atoms with Gasteiger partial charge in [0.15, 0.2) is 0 Å². The van der Waals surface area contributed by atoms with Crippen molar-refractivity contribution in [2.75, 3.05) is 31.6 Å². The van der Waals surface area contributed by atoms with Gasteiger partial charge in [-0.1, -0.05) is 43.5 Å². The average Bonchev–Trinajstić information content (AvgIpc) is 2.75. The van der Waals surface area contributed by atoms with E-state index in [-0.39, 0.29) is 5.91 Å². The molecule has 1 N–H and O–H groups in total. The van der Waals surface area contributed by atoms with Crippen molar-refractivity contribution >= 4 is 11.6 Å². The number of anilines is 1. The number of hydrogen-bond acceptors (Lipinski definition) is 4. The van der Waals surface area contributed by atoms with E-state index in [4.69, 9.17) is 0 Å². The maximum Gasteiger partial charge on any atom is 0.239 e. The van der Waals surface area contributed by atoms with E-state index in [1.165, 1.54) is 32.1 Å². The minimum Gasteiger partial charge on any atom is -0.358 e. The monoisotopic (exact) mass is 380 g/mol. The summed E-state index contributed by atoms with van der Waals surface area (Å²) in [5.74, 6) is 0.0600. The highest BCUT2D eigenvalue weighted by Crippen LogP contribution is 2.21. The third-order valence-electron chi connectivity index (χ3n) is 5.54. The third kappa shape index (κ3) is 6.34. The van der Waals surface area contributed by atoms with Gasteiger partial charge in [-0.25, -0.2) is 0 Å². The van der Waals surface area contributed by atoms with E-state index >= 15 is 0 Å². The van der Waals surface area contributed by atoms with Crippen molar-refractivity contribution in [3.63, 3.8) is 0 Å². The zero-order chi connectivity index (χ0) is 19.6. The number of carbonyl (C=O) groups excluding carboxylic acids is 1. The summed E-state index contributed by atoms with van der Waals surface area (Å²) in [6, 6.07) is 14.7. The number of nitrogens with zero attached hydrogens (tertiary/aromatic N) is 3. The third-order valence-corrected chi connectivity index (χ3v) is 5.54. The number of para-hydroxylation sites is 1. The van der Waals surface area contributed by atoms with Crippen LogP contribution in [-0.2, 0) is 11.3 Å². The van der Waals surface area contributed by atoms with Crippen LogP contribution in [0, 0.1) is 0 Å². The number of carbonyl (C=O) groups is 1. The molecule has 0 aliphatic heterocycles. The average molecular weight is 381 g/mol. The van der Waals surface area contributed by atoms with Crippen molar-refractivity contribution in [2.24, 2.45) is 0 Å². The fourth-order valence-corrected chi connectivity index (χ4v) is 3.89. The van der Waals surface area contributed by atoms with Gasteiger partial charge in [-0.15, -0.1) is 0 Å². The number of pyridine rings is 1. The second kappa shape index (κ2) is 10.8. The SMILES string of the molecule is CN(CCNC(=O)CN(Cc1cccnc1)c1ccccc1)C1CCCCC1. The molecule has 2 aromatic rings. The van der Waals surface area contributed by atoms with Crippen LogP contribution >= 0.6 is 0 Å². The van der Waals surface area contributed by atoms with E-state index in [1.54, 1.807) is 6.20 Å². The number of aromatic nitrogens is 1. The van der Waals surface area contributed by atoms with Crippen molar-refractivity contribution in [3.05, 3.63) is 60.4 Å². The molecular formula is C23H32N4O. The van der Waals surface area contributed by atoms with Gasteiger partial charge in [-0.2, -0.15) is 0 Å². The Labute approximate surface area is 168 Å². The zero-order valence-electron chi connectivity index (χ0n) is 16.9. The molecule has 1 aliphatic carbocycles. The summed E-state index contributed by atoms with van der Waals surface area (Å²) < 4.78 is 0. The van der Waals surface area contributed by atoms with Gasteiger partial charge in [0, 0.05) is 43.8 Å². The van der Waals surface area contributed by atoms with E-state index in [0.29, 0.717) is 25.7 Å². The van der Waals surface area contributed by atoms with Gasteiger partial charge < -0.3 is 15.1 Å². The van der Waals surface area contributed by atoms with E-state index in [2.05, 4.69) is 27.1 Å². The van der Waals surface area contributed by atoms with Crippen LogP contribution < -0.4 is 10.2 Å². The van der Waals surface area contributed by atoms with Crippen molar-refractivity contribution < 1.29 is 4.79 Å². The van der Waals surface area contributed by atoms with E-state index < -0.39 is 0 Å². The van der Waals surface area contributed by atoms with Gasteiger partial charge in [-0.05, 0) is 43.7 Å². The first kappa shape index (κ1) is 20.3. The summed E-state index contributed by atoms with van der Waals surface area (Å²) in [5, 5.41) is 3.10. The molecular weight excluding hydrogens is 348 g/mol. The van der Waals surface area contributed by atoms with Crippen LogP contribution in [-0.4, -0.2) is 48.5 Å². The lowest BCUT2D eigenvalue weighted by Crippen LogP contribution is -2.42.